The van der Waals surface area contributed by atoms with Crippen LogP contribution in [0.1, 0.15) is 11.1 Å². The van der Waals surface area contributed by atoms with Gasteiger partial charge in [0.05, 0.1) is 6.54 Å². The third-order valence-corrected chi connectivity index (χ3v) is 3.98. The van der Waals surface area contributed by atoms with E-state index >= 15 is 0 Å². The van der Waals surface area contributed by atoms with Crippen LogP contribution in [0.2, 0.25) is 0 Å². The number of carbonyl (C=O) groups excluding carboxylic acids is 1. The van der Waals surface area contributed by atoms with Crippen LogP contribution in [-0.4, -0.2) is 24.2 Å². The maximum atomic E-state index is 13.2. The maximum absolute atomic E-state index is 13.2. The lowest BCUT2D eigenvalue weighted by Gasteiger charge is -2.10. The van der Waals surface area contributed by atoms with Gasteiger partial charge >= 0.3 is 6.03 Å². The first-order chi connectivity index (χ1) is 14.2. The molecule has 150 valence electrons. The molecule has 2 amide bonds. The molecule has 3 rings (SSSR count). The van der Waals surface area contributed by atoms with Crippen LogP contribution in [0.3, 0.4) is 0 Å². The van der Waals surface area contributed by atoms with E-state index in [-0.39, 0.29) is 18.5 Å². The average Bonchev–Trinajstić information content (AvgIpc) is 2.75. The third-order valence-electron chi connectivity index (χ3n) is 3.98. The summed E-state index contributed by atoms with van der Waals surface area (Å²) in [5.74, 6) is 1.05. The Morgan fingerprint density at radius 1 is 0.897 bits per heavy atom. The number of hydrogen-bond donors (Lipinski definition) is 2. The summed E-state index contributed by atoms with van der Waals surface area (Å²) >= 11 is 0. The van der Waals surface area contributed by atoms with Crippen molar-refractivity contribution in [2.45, 2.75) is 13.2 Å². The number of hydrogen-bond acceptors (Lipinski definition) is 4. The van der Waals surface area contributed by atoms with Crippen molar-refractivity contribution in [3.05, 3.63) is 90.0 Å². The number of aromatic nitrogens is 1. The summed E-state index contributed by atoms with van der Waals surface area (Å²) in [5.41, 5.74) is 1.74. The maximum Gasteiger partial charge on any atom is 0.315 e. The summed E-state index contributed by atoms with van der Waals surface area (Å²) < 4.78 is 24.4. The van der Waals surface area contributed by atoms with Gasteiger partial charge in [0.2, 0.25) is 0 Å². The molecule has 0 bridgehead atoms. The monoisotopic (exact) mass is 395 g/mol. The highest BCUT2D eigenvalue weighted by Crippen LogP contribution is 2.18. The Bertz CT molecular complexity index is 905. The van der Waals surface area contributed by atoms with Crippen LogP contribution in [0.25, 0.3) is 0 Å². The highest BCUT2D eigenvalue weighted by Gasteiger charge is 2.02. The lowest BCUT2D eigenvalue weighted by atomic mass is 10.2. The zero-order chi connectivity index (χ0) is 20.3. The van der Waals surface area contributed by atoms with Gasteiger partial charge in [-0.1, -0.05) is 12.1 Å². The van der Waals surface area contributed by atoms with E-state index in [1.807, 2.05) is 12.1 Å². The molecular formula is C22H22FN3O3. The lowest BCUT2D eigenvalue weighted by Crippen LogP contribution is -2.37. The summed E-state index contributed by atoms with van der Waals surface area (Å²) in [4.78, 5) is 15.7. The zero-order valence-electron chi connectivity index (χ0n) is 15.8. The predicted molar refractivity (Wildman–Crippen MR) is 107 cm³/mol. The van der Waals surface area contributed by atoms with E-state index in [9.17, 15) is 9.18 Å². The van der Waals surface area contributed by atoms with Crippen molar-refractivity contribution in [3.8, 4) is 11.5 Å². The number of carbonyl (C=O) groups is 1. The molecule has 1 aromatic heterocycles. The molecule has 0 aliphatic heterocycles. The van der Waals surface area contributed by atoms with E-state index in [0.29, 0.717) is 31.2 Å². The van der Waals surface area contributed by atoms with Gasteiger partial charge in [0.25, 0.3) is 0 Å². The van der Waals surface area contributed by atoms with Gasteiger partial charge in [-0.05, 0) is 59.7 Å². The second-order valence-electron chi connectivity index (χ2n) is 6.20. The molecule has 0 spiro atoms. The average molecular weight is 395 g/mol. The molecule has 0 radical (unpaired) electrons. The first-order valence-corrected chi connectivity index (χ1v) is 9.20. The zero-order valence-corrected chi connectivity index (χ0v) is 15.8. The molecule has 29 heavy (non-hydrogen) atoms. The number of nitrogens with one attached hydrogen (secondary N) is 2. The van der Waals surface area contributed by atoms with Crippen LogP contribution >= 0.6 is 0 Å². The molecule has 0 aliphatic carbocycles. The van der Waals surface area contributed by atoms with Gasteiger partial charge in [0.15, 0.2) is 0 Å². The van der Waals surface area contributed by atoms with E-state index in [2.05, 4.69) is 15.6 Å². The second kappa shape index (κ2) is 10.7. The van der Waals surface area contributed by atoms with Crippen molar-refractivity contribution in [2.24, 2.45) is 0 Å². The minimum Gasteiger partial charge on any atom is -0.492 e. The highest BCUT2D eigenvalue weighted by atomic mass is 19.1. The molecule has 3 aromatic rings. The van der Waals surface area contributed by atoms with Gasteiger partial charge in [-0.25, -0.2) is 9.18 Å². The van der Waals surface area contributed by atoms with Crippen LogP contribution in [0.5, 0.6) is 11.5 Å². The number of amides is 2. The first kappa shape index (κ1) is 20.1. The van der Waals surface area contributed by atoms with Crippen LogP contribution in [0.4, 0.5) is 9.18 Å². The highest BCUT2D eigenvalue weighted by molar-refractivity contribution is 5.73. The number of rotatable bonds is 9. The second-order valence-corrected chi connectivity index (χ2v) is 6.20. The van der Waals surface area contributed by atoms with Gasteiger partial charge in [-0.15, -0.1) is 0 Å². The fraction of sp³-hybridized carbons (Fsp3) is 0.182. The van der Waals surface area contributed by atoms with E-state index < -0.39 is 0 Å². The Balaban J connectivity index is 1.32. The Hall–Kier alpha value is -3.61. The van der Waals surface area contributed by atoms with Gasteiger partial charge in [-0.3, -0.25) is 4.98 Å². The van der Waals surface area contributed by atoms with Crippen LogP contribution < -0.4 is 20.1 Å². The van der Waals surface area contributed by atoms with Crippen molar-refractivity contribution in [1.82, 2.24) is 15.6 Å². The van der Waals surface area contributed by atoms with E-state index in [4.69, 9.17) is 9.47 Å². The fourth-order valence-electron chi connectivity index (χ4n) is 2.50. The molecular weight excluding hydrogens is 373 g/mol. The smallest absolute Gasteiger partial charge is 0.315 e. The molecule has 0 unspecified atom stereocenters. The minimum atomic E-state index is -0.283. The van der Waals surface area contributed by atoms with E-state index in [0.717, 1.165) is 11.1 Å². The summed E-state index contributed by atoms with van der Waals surface area (Å²) in [6.45, 7) is 1.44. The number of nitrogens with zero attached hydrogens (tertiary/aromatic N) is 1. The molecule has 7 heteroatoms. The largest absolute Gasteiger partial charge is 0.492 e. The predicted octanol–water partition coefficient (Wildman–Crippen LogP) is 3.68. The van der Waals surface area contributed by atoms with Crippen molar-refractivity contribution >= 4 is 6.03 Å². The normalized spacial score (nSPS) is 10.2. The van der Waals surface area contributed by atoms with Crippen molar-refractivity contribution in [3.63, 3.8) is 0 Å². The SMILES string of the molecule is O=C(NCCOc1ccc(OCc2cccc(F)c2)cc1)NCc1ccncc1. The van der Waals surface area contributed by atoms with Gasteiger partial charge in [0, 0.05) is 18.9 Å². The summed E-state index contributed by atoms with van der Waals surface area (Å²) in [5, 5.41) is 5.49. The molecule has 0 aliphatic rings. The number of ether oxygens (including phenoxy) is 2. The van der Waals surface area contributed by atoms with Gasteiger partial charge in [-0.2, -0.15) is 0 Å². The Labute approximate surface area is 168 Å². The lowest BCUT2D eigenvalue weighted by molar-refractivity contribution is 0.236. The van der Waals surface area contributed by atoms with Gasteiger partial charge in [0.1, 0.15) is 30.5 Å². The molecule has 0 fully saturated rings. The van der Waals surface area contributed by atoms with Crippen molar-refractivity contribution in [2.75, 3.05) is 13.2 Å². The number of urea groups is 1. The number of pyridine rings is 1. The van der Waals surface area contributed by atoms with Crippen molar-refractivity contribution < 1.29 is 18.7 Å². The summed E-state index contributed by atoms with van der Waals surface area (Å²) in [6.07, 6.45) is 3.36. The summed E-state index contributed by atoms with van der Waals surface area (Å²) in [7, 11) is 0. The molecule has 0 saturated carbocycles. The van der Waals surface area contributed by atoms with Gasteiger partial charge < -0.3 is 20.1 Å². The fourth-order valence-corrected chi connectivity index (χ4v) is 2.50. The van der Waals surface area contributed by atoms with Crippen LogP contribution in [0, 0.1) is 5.82 Å². The molecule has 0 saturated heterocycles. The van der Waals surface area contributed by atoms with E-state index in [1.54, 1.807) is 48.8 Å². The standard InChI is InChI=1S/C22H22FN3O3/c23-19-3-1-2-18(14-19)16-29-21-6-4-20(5-7-21)28-13-12-25-22(27)26-15-17-8-10-24-11-9-17/h1-11,14H,12-13,15-16H2,(H2,25,26,27). The Morgan fingerprint density at radius 2 is 1.62 bits per heavy atom. The third kappa shape index (κ3) is 7.14. The quantitative estimate of drug-likeness (QED) is 0.542. The Kier molecular flexibility index (Phi) is 7.40. The number of benzene rings is 2. The van der Waals surface area contributed by atoms with Crippen LogP contribution in [-0.2, 0) is 13.2 Å². The Morgan fingerprint density at radius 3 is 2.34 bits per heavy atom. The topological polar surface area (TPSA) is 72.5 Å². The van der Waals surface area contributed by atoms with Crippen molar-refractivity contribution in [1.29, 1.82) is 0 Å². The van der Waals surface area contributed by atoms with E-state index in [1.165, 1.54) is 12.1 Å². The first-order valence-electron chi connectivity index (χ1n) is 9.20. The molecule has 0 atom stereocenters. The molecule has 2 aromatic carbocycles. The molecule has 1 heterocycles. The molecule has 6 nitrogen and oxygen atoms in total. The molecule has 2 N–H and O–H groups in total. The minimum absolute atomic E-state index is 0.258. The van der Waals surface area contributed by atoms with Crippen LogP contribution in [0.15, 0.2) is 73.1 Å². The summed E-state index contributed by atoms with van der Waals surface area (Å²) in [6, 6.07) is 16.9. The number of halogens is 1.